The normalized spacial score (nSPS) is 32.6. The monoisotopic (exact) mass is 286 g/mol. The highest BCUT2D eigenvalue weighted by Gasteiger charge is 2.38. The van der Waals surface area contributed by atoms with Crippen LogP contribution >= 0.6 is 0 Å². The number of nitrogens with one attached hydrogen (secondary N) is 1. The standard InChI is InChI=1S/C14H26N2O2S/c17-19(18)9-1-2-14(11-19)16(13-3-4-13)10-12-5-7-15-8-6-12/h12-15H,1-11H2. The summed E-state index contributed by atoms with van der Waals surface area (Å²) in [7, 11) is -2.78. The fraction of sp³-hybridized carbons (Fsp3) is 1.00. The number of piperidine rings is 1. The highest BCUT2D eigenvalue weighted by molar-refractivity contribution is 7.91. The molecule has 1 atom stereocenters. The first-order chi connectivity index (χ1) is 9.14. The minimum absolute atomic E-state index is 0.307. The second-order valence-electron chi connectivity index (χ2n) is 6.53. The van der Waals surface area contributed by atoms with Crippen molar-refractivity contribution in [3.63, 3.8) is 0 Å². The Bertz CT molecular complexity index is 400. The summed E-state index contributed by atoms with van der Waals surface area (Å²) >= 11 is 0. The lowest BCUT2D eigenvalue weighted by Gasteiger charge is -2.37. The summed E-state index contributed by atoms with van der Waals surface area (Å²) in [6, 6.07) is 0.995. The Hall–Kier alpha value is -0.130. The number of hydrogen-bond donors (Lipinski definition) is 1. The molecule has 3 fully saturated rings. The van der Waals surface area contributed by atoms with E-state index < -0.39 is 9.84 Å². The maximum Gasteiger partial charge on any atom is 0.151 e. The molecule has 0 aromatic rings. The second kappa shape index (κ2) is 5.70. The average molecular weight is 286 g/mol. The minimum atomic E-state index is -2.78. The molecule has 1 aliphatic carbocycles. The van der Waals surface area contributed by atoms with Gasteiger partial charge in [-0.3, -0.25) is 4.90 Å². The van der Waals surface area contributed by atoms with Gasteiger partial charge in [-0.15, -0.1) is 0 Å². The molecule has 2 saturated heterocycles. The van der Waals surface area contributed by atoms with Crippen LogP contribution in [0.1, 0.15) is 38.5 Å². The van der Waals surface area contributed by atoms with E-state index >= 15 is 0 Å². The molecular weight excluding hydrogens is 260 g/mol. The van der Waals surface area contributed by atoms with Crippen LogP contribution in [0.15, 0.2) is 0 Å². The lowest BCUT2D eigenvalue weighted by atomic mass is 9.96. The van der Waals surface area contributed by atoms with Gasteiger partial charge in [0.2, 0.25) is 0 Å². The van der Waals surface area contributed by atoms with E-state index in [0.29, 0.717) is 23.6 Å². The predicted molar refractivity (Wildman–Crippen MR) is 77.0 cm³/mol. The topological polar surface area (TPSA) is 49.4 Å². The molecule has 110 valence electrons. The van der Waals surface area contributed by atoms with Gasteiger partial charge in [-0.2, -0.15) is 0 Å². The van der Waals surface area contributed by atoms with E-state index in [4.69, 9.17) is 0 Å². The molecule has 3 aliphatic rings. The summed E-state index contributed by atoms with van der Waals surface area (Å²) in [5.41, 5.74) is 0. The fourth-order valence-corrected chi connectivity index (χ4v) is 5.34. The van der Waals surface area contributed by atoms with Crippen LogP contribution in [0, 0.1) is 5.92 Å². The van der Waals surface area contributed by atoms with Crippen molar-refractivity contribution in [3.8, 4) is 0 Å². The Balaban J connectivity index is 1.63. The summed E-state index contributed by atoms with van der Waals surface area (Å²) in [6.07, 6.45) is 7.01. The van der Waals surface area contributed by atoms with Gasteiger partial charge in [-0.25, -0.2) is 8.42 Å². The molecule has 0 amide bonds. The molecule has 2 heterocycles. The lowest BCUT2D eigenvalue weighted by Crippen LogP contribution is -2.47. The van der Waals surface area contributed by atoms with Crippen LogP contribution in [0.25, 0.3) is 0 Å². The van der Waals surface area contributed by atoms with Gasteiger partial charge < -0.3 is 5.32 Å². The van der Waals surface area contributed by atoms with Gasteiger partial charge in [0.15, 0.2) is 9.84 Å². The van der Waals surface area contributed by atoms with E-state index in [1.165, 1.54) is 25.7 Å². The van der Waals surface area contributed by atoms with Gasteiger partial charge in [-0.05, 0) is 57.5 Å². The van der Waals surface area contributed by atoms with Crippen molar-refractivity contribution in [1.82, 2.24) is 10.2 Å². The van der Waals surface area contributed by atoms with E-state index in [9.17, 15) is 8.42 Å². The van der Waals surface area contributed by atoms with Gasteiger partial charge in [0, 0.05) is 18.6 Å². The second-order valence-corrected chi connectivity index (χ2v) is 8.76. The SMILES string of the molecule is O=S1(=O)CCCC(N(CC2CCNCC2)C2CC2)C1. The fourth-order valence-electron chi connectivity index (χ4n) is 3.63. The van der Waals surface area contributed by atoms with Gasteiger partial charge in [0.1, 0.15) is 0 Å². The van der Waals surface area contributed by atoms with E-state index in [1.807, 2.05) is 0 Å². The molecule has 19 heavy (non-hydrogen) atoms. The zero-order chi connectivity index (χ0) is 13.3. The zero-order valence-corrected chi connectivity index (χ0v) is 12.5. The Morgan fingerprint density at radius 1 is 1.00 bits per heavy atom. The molecule has 2 aliphatic heterocycles. The van der Waals surface area contributed by atoms with E-state index in [0.717, 1.165) is 38.4 Å². The molecule has 0 spiro atoms. The third-order valence-corrected chi connectivity index (χ3v) is 6.65. The number of rotatable bonds is 4. The van der Waals surface area contributed by atoms with Gasteiger partial charge in [-0.1, -0.05) is 0 Å². The largest absolute Gasteiger partial charge is 0.317 e. The highest BCUT2D eigenvalue weighted by atomic mass is 32.2. The minimum Gasteiger partial charge on any atom is -0.317 e. The maximum atomic E-state index is 11.9. The van der Waals surface area contributed by atoms with Gasteiger partial charge in [0.05, 0.1) is 11.5 Å². The molecule has 0 aromatic carbocycles. The molecule has 3 rings (SSSR count). The smallest absolute Gasteiger partial charge is 0.151 e. The molecule has 4 nitrogen and oxygen atoms in total. The molecule has 1 unspecified atom stereocenters. The van der Waals surface area contributed by atoms with Gasteiger partial charge >= 0.3 is 0 Å². The van der Waals surface area contributed by atoms with Crippen LogP contribution < -0.4 is 5.32 Å². The van der Waals surface area contributed by atoms with Gasteiger partial charge in [0.25, 0.3) is 0 Å². The average Bonchev–Trinajstić information content (AvgIpc) is 3.20. The third-order valence-electron chi connectivity index (χ3n) is 4.85. The number of hydrogen-bond acceptors (Lipinski definition) is 4. The Labute approximate surface area is 116 Å². The maximum absolute atomic E-state index is 11.9. The van der Waals surface area contributed by atoms with Crippen LogP contribution in [0.5, 0.6) is 0 Å². The molecule has 1 N–H and O–H groups in total. The van der Waals surface area contributed by atoms with Crippen molar-refractivity contribution in [2.45, 2.75) is 50.6 Å². The molecule has 5 heteroatoms. The van der Waals surface area contributed by atoms with E-state index in [-0.39, 0.29) is 0 Å². The van der Waals surface area contributed by atoms with Crippen molar-refractivity contribution in [2.75, 3.05) is 31.1 Å². The van der Waals surface area contributed by atoms with Crippen LogP contribution in [0.4, 0.5) is 0 Å². The van der Waals surface area contributed by atoms with Crippen molar-refractivity contribution < 1.29 is 8.42 Å². The highest BCUT2D eigenvalue weighted by Crippen LogP contribution is 2.33. The Morgan fingerprint density at radius 2 is 1.74 bits per heavy atom. The van der Waals surface area contributed by atoms with Crippen molar-refractivity contribution in [2.24, 2.45) is 5.92 Å². The number of nitrogens with zero attached hydrogens (tertiary/aromatic N) is 1. The quantitative estimate of drug-likeness (QED) is 0.838. The Kier molecular flexibility index (Phi) is 4.15. The number of sulfone groups is 1. The van der Waals surface area contributed by atoms with E-state index in [1.54, 1.807) is 0 Å². The first kappa shape index (κ1) is 13.8. The zero-order valence-electron chi connectivity index (χ0n) is 11.7. The molecule has 1 saturated carbocycles. The van der Waals surface area contributed by atoms with Crippen molar-refractivity contribution in [3.05, 3.63) is 0 Å². The third kappa shape index (κ3) is 3.70. The summed E-state index contributed by atoms with van der Waals surface area (Å²) in [6.45, 7) is 3.39. The van der Waals surface area contributed by atoms with Crippen LogP contribution in [0.3, 0.4) is 0 Å². The first-order valence-corrected chi connectivity index (χ1v) is 9.63. The molecular formula is C14H26N2O2S. The Morgan fingerprint density at radius 3 is 2.37 bits per heavy atom. The van der Waals surface area contributed by atoms with Crippen molar-refractivity contribution >= 4 is 9.84 Å². The summed E-state index contributed by atoms with van der Waals surface area (Å²) < 4.78 is 23.7. The molecule has 0 bridgehead atoms. The predicted octanol–water partition coefficient (Wildman–Crippen LogP) is 1.03. The molecule has 0 radical (unpaired) electrons. The van der Waals surface area contributed by atoms with Crippen LogP contribution in [-0.4, -0.2) is 56.5 Å². The van der Waals surface area contributed by atoms with E-state index in [2.05, 4.69) is 10.2 Å². The summed E-state index contributed by atoms with van der Waals surface area (Å²) in [4.78, 5) is 2.56. The van der Waals surface area contributed by atoms with Crippen LogP contribution in [0.2, 0.25) is 0 Å². The lowest BCUT2D eigenvalue weighted by molar-refractivity contribution is 0.144. The van der Waals surface area contributed by atoms with Crippen molar-refractivity contribution in [1.29, 1.82) is 0 Å². The van der Waals surface area contributed by atoms with Crippen LogP contribution in [-0.2, 0) is 9.84 Å². The summed E-state index contributed by atoms with van der Waals surface area (Å²) in [5, 5.41) is 3.41. The first-order valence-electron chi connectivity index (χ1n) is 7.81. The molecule has 0 aromatic heterocycles. The summed E-state index contributed by atoms with van der Waals surface area (Å²) in [5.74, 6) is 1.59.